The van der Waals surface area contributed by atoms with Gasteiger partial charge in [0.25, 0.3) is 0 Å². The SMILES string of the molecule is CN(C)c1ccc(C2=NN(c3ccc(-c4nc5cc(C(C)(C)C)ccc5o4)cc3)C(c3ccc(-c4ccc(C5CC(c6ccc(N(C)C)cc6)=NN5c5ccc(-c6nc7cc(C(C)(C)C)ccc7o6)cc5)cc4)cc3)C2)cc1. The van der Waals surface area contributed by atoms with Crippen LogP contribution in [-0.4, -0.2) is 49.6 Å². The zero-order valence-corrected chi connectivity index (χ0v) is 46.3. The first-order valence-electron chi connectivity index (χ1n) is 27.0. The third kappa shape index (κ3) is 9.83. The van der Waals surface area contributed by atoms with E-state index in [1.165, 1.54) is 22.3 Å². The van der Waals surface area contributed by atoms with Gasteiger partial charge in [-0.15, -0.1) is 0 Å². The average Bonchev–Trinajstić information content (AvgIpc) is 4.43. The molecule has 12 rings (SSSR count). The highest BCUT2D eigenvalue weighted by atomic mass is 16.4. The molecule has 2 aromatic heterocycles. The van der Waals surface area contributed by atoms with Crippen LogP contribution in [0.1, 0.15) is 99.8 Å². The molecular formula is C68H66N8O2. The number of hydrogen-bond acceptors (Lipinski definition) is 10. The van der Waals surface area contributed by atoms with Gasteiger partial charge in [0.15, 0.2) is 11.2 Å². The molecule has 2 unspecified atom stereocenters. The lowest BCUT2D eigenvalue weighted by Gasteiger charge is -2.25. The van der Waals surface area contributed by atoms with E-state index in [4.69, 9.17) is 29.0 Å². The lowest BCUT2D eigenvalue weighted by Crippen LogP contribution is -2.18. The molecule has 0 saturated heterocycles. The summed E-state index contributed by atoms with van der Waals surface area (Å²) in [7, 11) is 8.27. The van der Waals surface area contributed by atoms with Crippen molar-refractivity contribution in [3.63, 3.8) is 0 Å². The monoisotopic (exact) mass is 1030 g/mol. The lowest BCUT2D eigenvalue weighted by atomic mass is 9.87. The van der Waals surface area contributed by atoms with Gasteiger partial charge in [0.1, 0.15) is 11.0 Å². The number of benzene rings is 8. The van der Waals surface area contributed by atoms with Gasteiger partial charge in [0.2, 0.25) is 11.8 Å². The fourth-order valence-electron chi connectivity index (χ4n) is 10.6. The van der Waals surface area contributed by atoms with E-state index >= 15 is 0 Å². The molecule has 0 spiro atoms. The predicted molar refractivity (Wildman–Crippen MR) is 322 cm³/mol. The molecule has 8 aromatic carbocycles. The van der Waals surface area contributed by atoms with Crippen LogP contribution in [0.25, 0.3) is 56.2 Å². The maximum atomic E-state index is 6.28. The molecule has 0 radical (unpaired) electrons. The standard InChI is InChI=1S/C68H66N8O2/c1-67(2,3)51-27-37-63-59(39-51)69-65(77-63)49-23-33-55(34-24-49)75-61(41-57(71-75)45-19-29-53(30-20-45)73(7)8)47-15-11-43(12-16-47)44-13-17-48(18-14-44)62-42-58(46-21-31-54(32-22-46)74(9)10)72-76(62)56-35-25-50(26-36-56)66-70-60-40-52(68(4,5)6)28-38-64(60)78-66/h11-40,61-62H,41-42H2,1-10H3. The first-order valence-corrected chi connectivity index (χ1v) is 27.0. The number of hydrogen-bond donors (Lipinski definition) is 0. The highest BCUT2D eigenvalue weighted by Gasteiger charge is 2.32. The molecule has 10 aromatic rings. The number of nitrogens with zero attached hydrogens (tertiary/aromatic N) is 8. The first-order chi connectivity index (χ1) is 37.5. The van der Waals surface area contributed by atoms with Crippen molar-refractivity contribution in [2.24, 2.45) is 10.2 Å². The van der Waals surface area contributed by atoms with Crippen molar-refractivity contribution in [2.45, 2.75) is 77.3 Å². The largest absolute Gasteiger partial charge is 0.436 e. The number of hydrazone groups is 2. The van der Waals surface area contributed by atoms with Crippen LogP contribution in [0.4, 0.5) is 22.7 Å². The second-order valence-electron chi connectivity index (χ2n) is 23.3. The summed E-state index contributed by atoms with van der Waals surface area (Å²) in [6.07, 6.45) is 1.52. The van der Waals surface area contributed by atoms with Gasteiger partial charge in [-0.25, -0.2) is 9.97 Å². The molecular weight excluding hydrogens is 961 g/mol. The molecule has 0 N–H and O–H groups in total. The topological polar surface area (TPSA) is 89.7 Å². The third-order valence-corrected chi connectivity index (χ3v) is 15.4. The van der Waals surface area contributed by atoms with Gasteiger partial charge in [-0.05, 0) is 152 Å². The second-order valence-corrected chi connectivity index (χ2v) is 23.3. The number of aromatic nitrogens is 2. The van der Waals surface area contributed by atoms with E-state index in [2.05, 4.69) is 259 Å². The molecule has 10 nitrogen and oxygen atoms in total. The predicted octanol–water partition coefficient (Wildman–Crippen LogP) is 16.4. The van der Waals surface area contributed by atoms with E-state index in [0.29, 0.717) is 11.8 Å². The van der Waals surface area contributed by atoms with Crippen LogP contribution in [0.15, 0.2) is 201 Å². The van der Waals surface area contributed by atoms with Crippen LogP contribution in [-0.2, 0) is 10.8 Å². The number of anilines is 4. The fourth-order valence-corrected chi connectivity index (χ4v) is 10.6. The highest BCUT2D eigenvalue weighted by Crippen LogP contribution is 2.42. The summed E-state index contributed by atoms with van der Waals surface area (Å²) < 4.78 is 12.6. The molecule has 390 valence electrons. The normalized spacial score (nSPS) is 15.8. The van der Waals surface area contributed by atoms with E-state index in [1.807, 2.05) is 12.1 Å². The van der Waals surface area contributed by atoms with Crippen molar-refractivity contribution in [1.82, 2.24) is 9.97 Å². The summed E-state index contributed by atoms with van der Waals surface area (Å²) in [5.41, 5.74) is 21.0. The van der Waals surface area contributed by atoms with Crippen LogP contribution < -0.4 is 19.8 Å². The molecule has 0 amide bonds. The van der Waals surface area contributed by atoms with Gasteiger partial charge in [0.05, 0.1) is 34.9 Å². The zero-order valence-electron chi connectivity index (χ0n) is 46.3. The van der Waals surface area contributed by atoms with Crippen LogP contribution in [0.2, 0.25) is 0 Å². The van der Waals surface area contributed by atoms with Crippen molar-refractivity contribution in [3.8, 4) is 34.0 Å². The van der Waals surface area contributed by atoms with Crippen molar-refractivity contribution < 1.29 is 8.83 Å². The molecule has 2 aliphatic heterocycles. The average molecular weight is 1030 g/mol. The molecule has 0 bridgehead atoms. The van der Waals surface area contributed by atoms with Crippen molar-refractivity contribution in [2.75, 3.05) is 48.0 Å². The summed E-state index contributed by atoms with van der Waals surface area (Å²) >= 11 is 0. The third-order valence-electron chi connectivity index (χ3n) is 15.4. The molecule has 2 atom stereocenters. The Morgan fingerprint density at radius 1 is 0.397 bits per heavy atom. The Balaban J connectivity index is 0.806. The lowest BCUT2D eigenvalue weighted by molar-refractivity contribution is 0.589. The number of rotatable bonds is 11. The Labute approximate surface area is 458 Å². The smallest absolute Gasteiger partial charge is 0.227 e. The molecule has 0 saturated carbocycles. The maximum Gasteiger partial charge on any atom is 0.227 e. The number of oxazole rings is 2. The second kappa shape index (κ2) is 19.7. The maximum absolute atomic E-state index is 6.28. The van der Waals surface area contributed by atoms with E-state index in [-0.39, 0.29) is 22.9 Å². The first kappa shape index (κ1) is 50.1. The molecule has 78 heavy (non-hydrogen) atoms. The van der Waals surface area contributed by atoms with Crippen LogP contribution in [0, 0.1) is 0 Å². The minimum Gasteiger partial charge on any atom is -0.436 e. The van der Waals surface area contributed by atoms with Crippen molar-refractivity contribution in [3.05, 3.63) is 215 Å². The summed E-state index contributed by atoms with van der Waals surface area (Å²) in [5, 5.41) is 15.0. The fraction of sp³-hybridized carbons (Fsp3) is 0.235. The minimum atomic E-state index is -0.0109. The summed E-state index contributed by atoms with van der Waals surface area (Å²) in [4.78, 5) is 14.1. The van der Waals surface area contributed by atoms with Crippen molar-refractivity contribution >= 4 is 56.4 Å². The van der Waals surface area contributed by atoms with E-state index in [0.717, 1.165) is 103 Å². The quantitative estimate of drug-likeness (QED) is 0.127. The Morgan fingerprint density at radius 2 is 0.731 bits per heavy atom. The van der Waals surface area contributed by atoms with Gasteiger partial charge < -0.3 is 18.6 Å². The molecule has 0 fully saturated rings. The van der Waals surface area contributed by atoms with Gasteiger partial charge in [-0.3, -0.25) is 10.0 Å². The number of fused-ring (bicyclic) bond motifs is 2. The van der Waals surface area contributed by atoms with Crippen LogP contribution in [0.3, 0.4) is 0 Å². The van der Waals surface area contributed by atoms with Gasteiger partial charge in [-0.2, -0.15) is 10.2 Å². The summed E-state index contributed by atoms with van der Waals surface area (Å²) in [6, 6.07) is 64.9. The highest BCUT2D eigenvalue weighted by molar-refractivity contribution is 6.04. The van der Waals surface area contributed by atoms with E-state index in [1.54, 1.807) is 0 Å². The van der Waals surface area contributed by atoms with Gasteiger partial charge in [-0.1, -0.05) is 126 Å². The Bertz CT molecular complexity index is 3600. The van der Waals surface area contributed by atoms with Gasteiger partial charge >= 0.3 is 0 Å². The Kier molecular flexibility index (Phi) is 12.6. The van der Waals surface area contributed by atoms with Crippen molar-refractivity contribution in [1.29, 1.82) is 0 Å². The summed E-state index contributed by atoms with van der Waals surface area (Å²) in [5.74, 6) is 1.22. The summed E-state index contributed by atoms with van der Waals surface area (Å²) in [6.45, 7) is 13.3. The molecule has 2 aliphatic rings. The molecule has 10 heteroatoms. The Hall–Kier alpha value is -8.76. The van der Waals surface area contributed by atoms with Crippen LogP contribution >= 0.6 is 0 Å². The zero-order chi connectivity index (χ0) is 54.0. The van der Waals surface area contributed by atoms with Gasteiger partial charge in [0, 0.05) is 63.5 Å². The van der Waals surface area contributed by atoms with Crippen LogP contribution in [0.5, 0.6) is 0 Å². The van der Waals surface area contributed by atoms with E-state index < -0.39 is 0 Å². The molecule has 0 aliphatic carbocycles. The minimum absolute atomic E-state index is 0.0109. The molecule has 4 heterocycles. The van der Waals surface area contributed by atoms with E-state index in [9.17, 15) is 0 Å². The Morgan fingerprint density at radius 3 is 1.06 bits per heavy atom.